The van der Waals surface area contributed by atoms with Crippen molar-refractivity contribution >= 4 is 11.9 Å². The number of nitrogens with one attached hydrogen (secondary N) is 2. The normalized spacial score (nSPS) is 38.2. The molecule has 13 heavy (non-hydrogen) atoms. The summed E-state index contributed by atoms with van der Waals surface area (Å²) < 4.78 is 0. The van der Waals surface area contributed by atoms with Gasteiger partial charge in [-0.25, -0.2) is 5.48 Å². The number of carboxylic acid groups (broad SMARTS) is 1. The number of carboxylic acids is 1. The minimum Gasteiger partial charge on any atom is -0.480 e. The van der Waals surface area contributed by atoms with E-state index in [4.69, 9.17) is 9.94 Å². The van der Waals surface area contributed by atoms with E-state index in [1.54, 1.807) is 0 Å². The van der Waals surface area contributed by atoms with E-state index in [-0.39, 0.29) is 12.3 Å². The SMILES string of the molecule is O=C1C[C@@]2(CN[C@H](C(=O)O)C2)ON1. The molecule has 6 nitrogen and oxygen atoms in total. The summed E-state index contributed by atoms with van der Waals surface area (Å²) in [5, 5.41) is 11.5. The van der Waals surface area contributed by atoms with Crippen LogP contribution in [0.2, 0.25) is 0 Å². The second-order valence-corrected chi connectivity index (χ2v) is 3.46. The van der Waals surface area contributed by atoms with Crippen LogP contribution in [0.15, 0.2) is 0 Å². The molecule has 2 rings (SSSR count). The van der Waals surface area contributed by atoms with Gasteiger partial charge in [-0.3, -0.25) is 14.4 Å². The molecule has 2 heterocycles. The molecule has 2 fully saturated rings. The van der Waals surface area contributed by atoms with Gasteiger partial charge in [0.2, 0.25) is 5.91 Å². The molecule has 3 N–H and O–H groups in total. The minimum atomic E-state index is -0.903. The highest BCUT2D eigenvalue weighted by Gasteiger charge is 2.48. The van der Waals surface area contributed by atoms with Crippen molar-refractivity contribution in [3.05, 3.63) is 0 Å². The van der Waals surface area contributed by atoms with Gasteiger partial charge in [0.05, 0.1) is 6.42 Å². The first-order chi connectivity index (χ1) is 6.11. The molecule has 2 saturated heterocycles. The van der Waals surface area contributed by atoms with Crippen LogP contribution in [-0.2, 0) is 14.4 Å². The fraction of sp³-hybridized carbons (Fsp3) is 0.714. The van der Waals surface area contributed by atoms with Gasteiger partial charge in [-0.15, -0.1) is 0 Å². The first kappa shape index (κ1) is 8.46. The lowest BCUT2D eigenvalue weighted by molar-refractivity contribution is -0.139. The van der Waals surface area contributed by atoms with E-state index in [0.29, 0.717) is 13.0 Å². The molecule has 1 amide bonds. The zero-order chi connectivity index (χ0) is 9.47. The molecule has 0 aliphatic carbocycles. The Hall–Kier alpha value is -1.14. The van der Waals surface area contributed by atoms with Crippen LogP contribution in [0.4, 0.5) is 0 Å². The van der Waals surface area contributed by atoms with Gasteiger partial charge in [-0.05, 0) is 0 Å². The highest BCUT2D eigenvalue weighted by molar-refractivity contribution is 5.79. The maximum absolute atomic E-state index is 10.9. The fourth-order valence-electron chi connectivity index (χ4n) is 1.74. The first-order valence-corrected chi connectivity index (χ1v) is 4.04. The van der Waals surface area contributed by atoms with Crippen molar-refractivity contribution < 1.29 is 19.5 Å². The number of amides is 1. The third-order valence-electron chi connectivity index (χ3n) is 2.41. The van der Waals surface area contributed by atoms with E-state index in [1.807, 2.05) is 0 Å². The molecular weight excluding hydrogens is 176 g/mol. The van der Waals surface area contributed by atoms with E-state index >= 15 is 0 Å². The minimum absolute atomic E-state index is 0.187. The molecule has 0 unspecified atom stereocenters. The molecular formula is C7H10N2O4. The van der Waals surface area contributed by atoms with Gasteiger partial charge in [-0.2, -0.15) is 0 Å². The standard InChI is InChI=1S/C7H10N2O4/c10-5-2-7(13-9-5)1-4(6(11)12)8-3-7/h4,8H,1-3H2,(H,9,10)(H,11,12)/t4-,7-/m0/s1. The Balaban J connectivity index is 2.05. The number of hydrogen-bond donors (Lipinski definition) is 3. The molecule has 0 radical (unpaired) electrons. The van der Waals surface area contributed by atoms with Crippen molar-refractivity contribution in [1.29, 1.82) is 0 Å². The Morgan fingerprint density at radius 2 is 2.46 bits per heavy atom. The van der Waals surface area contributed by atoms with Crippen molar-refractivity contribution in [2.24, 2.45) is 0 Å². The van der Waals surface area contributed by atoms with E-state index in [2.05, 4.69) is 10.8 Å². The molecule has 6 heteroatoms. The van der Waals surface area contributed by atoms with Crippen LogP contribution in [0.3, 0.4) is 0 Å². The zero-order valence-corrected chi connectivity index (χ0v) is 6.87. The number of hydroxylamine groups is 1. The van der Waals surface area contributed by atoms with Crippen molar-refractivity contribution in [1.82, 2.24) is 10.8 Å². The Kier molecular flexibility index (Phi) is 1.74. The summed E-state index contributed by atoms with van der Waals surface area (Å²) in [6.45, 7) is 0.405. The van der Waals surface area contributed by atoms with E-state index in [9.17, 15) is 9.59 Å². The van der Waals surface area contributed by atoms with Crippen molar-refractivity contribution in [2.75, 3.05) is 6.54 Å². The average Bonchev–Trinajstić information content (AvgIpc) is 2.61. The zero-order valence-electron chi connectivity index (χ0n) is 6.87. The Bertz CT molecular complexity index is 267. The third kappa shape index (κ3) is 1.38. The predicted molar refractivity (Wildman–Crippen MR) is 40.6 cm³/mol. The van der Waals surface area contributed by atoms with Crippen LogP contribution in [0.1, 0.15) is 12.8 Å². The van der Waals surface area contributed by atoms with Crippen LogP contribution < -0.4 is 10.8 Å². The van der Waals surface area contributed by atoms with Gasteiger partial charge in [0, 0.05) is 13.0 Å². The molecule has 0 aromatic rings. The number of aliphatic carboxylic acids is 1. The smallest absolute Gasteiger partial charge is 0.320 e. The quantitative estimate of drug-likeness (QED) is 0.470. The summed E-state index contributed by atoms with van der Waals surface area (Å²) in [5.41, 5.74) is 1.60. The molecule has 0 aromatic carbocycles. The van der Waals surface area contributed by atoms with Gasteiger partial charge in [0.25, 0.3) is 0 Å². The topological polar surface area (TPSA) is 87.7 Å². The van der Waals surface area contributed by atoms with Crippen LogP contribution >= 0.6 is 0 Å². The highest BCUT2D eigenvalue weighted by Crippen LogP contribution is 2.29. The molecule has 0 saturated carbocycles. The van der Waals surface area contributed by atoms with Crippen LogP contribution in [0.5, 0.6) is 0 Å². The largest absolute Gasteiger partial charge is 0.480 e. The summed E-state index contributed by atoms with van der Waals surface area (Å²) in [6, 6.07) is -0.604. The lowest BCUT2D eigenvalue weighted by Gasteiger charge is -2.16. The number of carbonyl (C=O) groups excluding carboxylic acids is 1. The van der Waals surface area contributed by atoms with E-state index in [1.165, 1.54) is 0 Å². The van der Waals surface area contributed by atoms with E-state index in [0.717, 1.165) is 0 Å². The van der Waals surface area contributed by atoms with Crippen LogP contribution in [0.25, 0.3) is 0 Å². The van der Waals surface area contributed by atoms with Gasteiger partial charge in [0.15, 0.2) is 0 Å². The summed E-state index contributed by atoms with van der Waals surface area (Å²) in [7, 11) is 0. The second-order valence-electron chi connectivity index (χ2n) is 3.46. The Morgan fingerprint density at radius 3 is 2.92 bits per heavy atom. The molecule has 72 valence electrons. The number of carbonyl (C=O) groups is 2. The Labute approximate surface area is 74.2 Å². The summed E-state index contributed by atoms with van der Waals surface area (Å²) in [5.74, 6) is -1.09. The molecule has 0 aromatic heterocycles. The summed E-state index contributed by atoms with van der Waals surface area (Å²) >= 11 is 0. The summed E-state index contributed by atoms with van der Waals surface area (Å²) in [6.07, 6.45) is 0.574. The van der Waals surface area contributed by atoms with Crippen molar-refractivity contribution in [2.45, 2.75) is 24.5 Å². The monoisotopic (exact) mass is 186 g/mol. The van der Waals surface area contributed by atoms with Gasteiger partial charge < -0.3 is 10.4 Å². The number of hydrogen-bond acceptors (Lipinski definition) is 4. The second kappa shape index (κ2) is 2.68. The fourth-order valence-corrected chi connectivity index (χ4v) is 1.74. The maximum atomic E-state index is 10.9. The highest BCUT2D eigenvalue weighted by atomic mass is 16.7. The van der Waals surface area contributed by atoms with Gasteiger partial charge in [0.1, 0.15) is 11.6 Å². The van der Waals surface area contributed by atoms with Crippen molar-refractivity contribution in [3.63, 3.8) is 0 Å². The van der Waals surface area contributed by atoms with Crippen molar-refractivity contribution in [3.8, 4) is 0 Å². The van der Waals surface area contributed by atoms with Gasteiger partial charge >= 0.3 is 5.97 Å². The van der Waals surface area contributed by atoms with Crippen LogP contribution in [-0.4, -0.2) is 35.2 Å². The molecule has 2 aliphatic heterocycles. The third-order valence-corrected chi connectivity index (χ3v) is 2.41. The first-order valence-electron chi connectivity index (χ1n) is 4.04. The molecule has 2 aliphatic rings. The molecule has 0 bridgehead atoms. The summed E-state index contributed by atoms with van der Waals surface area (Å²) in [4.78, 5) is 26.5. The number of rotatable bonds is 1. The maximum Gasteiger partial charge on any atom is 0.320 e. The molecule has 1 spiro atoms. The lowest BCUT2D eigenvalue weighted by Crippen LogP contribution is -2.31. The van der Waals surface area contributed by atoms with Gasteiger partial charge in [-0.1, -0.05) is 0 Å². The van der Waals surface area contributed by atoms with E-state index < -0.39 is 17.6 Å². The Morgan fingerprint density at radius 1 is 1.69 bits per heavy atom. The molecule has 2 atom stereocenters. The average molecular weight is 186 g/mol. The predicted octanol–water partition coefficient (Wildman–Crippen LogP) is -1.38. The lowest BCUT2D eigenvalue weighted by atomic mass is 9.97. The van der Waals surface area contributed by atoms with Crippen LogP contribution in [0, 0.1) is 0 Å².